The number of methoxy groups -OCH3 is 2. The van der Waals surface area contributed by atoms with E-state index in [1.807, 2.05) is 54.6 Å². The molecule has 2 atom stereocenters. The lowest BCUT2D eigenvalue weighted by Crippen LogP contribution is -2.49. The van der Waals surface area contributed by atoms with Gasteiger partial charge in [0.25, 0.3) is 5.56 Å². The largest absolute Gasteiger partial charge is 0.493 e. The van der Waals surface area contributed by atoms with Crippen molar-refractivity contribution in [2.75, 3.05) is 47.0 Å². The number of hydrogen-bond donors (Lipinski definition) is 1. The van der Waals surface area contributed by atoms with Crippen LogP contribution in [0.25, 0.3) is 0 Å². The fourth-order valence-electron chi connectivity index (χ4n) is 5.62. The highest BCUT2D eigenvalue weighted by Gasteiger charge is 2.35. The van der Waals surface area contributed by atoms with E-state index in [0.29, 0.717) is 68.6 Å². The summed E-state index contributed by atoms with van der Waals surface area (Å²) in [4.78, 5) is 43.0. The maximum atomic E-state index is 13.4. The van der Waals surface area contributed by atoms with Gasteiger partial charge in [0, 0.05) is 58.5 Å². The Hall–Kier alpha value is -4.19. The third-order valence-electron chi connectivity index (χ3n) is 7.98. The SMILES string of the molecule is COCCN1CC(=O)N[C@H]2CN(Cc3cccn(C)c3=O)C[C@@H]2OCc2cccc(c2)Oc2cc(ccc2OC)CCC1=O. The van der Waals surface area contributed by atoms with Gasteiger partial charge < -0.3 is 33.7 Å². The van der Waals surface area contributed by atoms with Gasteiger partial charge in [-0.3, -0.25) is 19.3 Å². The molecule has 4 bridgehead atoms. The predicted octanol–water partition coefficient (Wildman–Crippen LogP) is 2.49. The molecule has 11 nitrogen and oxygen atoms in total. The van der Waals surface area contributed by atoms with Crippen molar-refractivity contribution in [2.24, 2.45) is 7.05 Å². The van der Waals surface area contributed by atoms with Crippen molar-refractivity contribution in [3.05, 3.63) is 87.8 Å². The highest BCUT2D eigenvalue weighted by molar-refractivity contribution is 5.85. The number of hydrogen-bond acceptors (Lipinski definition) is 8. The molecule has 3 aromatic rings. The summed E-state index contributed by atoms with van der Waals surface area (Å²) in [6, 6.07) is 16.6. The lowest BCUT2D eigenvalue weighted by Gasteiger charge is -2.25. The fourth-order valence-corrected chi connectivity index (χ4v) is 5.62. The van der Waals surface area contributed by atoms with Crippen LogP contribution in [-0.4, -0.2) is 85.3 Å². The van der Waals surface area contributed by atoms with E-state index in [1.54, 1.807) is 32.0 Å². The molecule has 1 N–H and O–H groups in total. The van der Waals surface area contributed by atoms with Gasteiger partial charge in [-0.05, 0) is 47.9 Å². The van der Waals surface area contributed by atoms with Gasteiger partial charge in [0.2, 0.25) is 11.8 Å². The molecular weight excluding hydrogens is 564 g/mol. The van der Waals surface area contributed by atoms with Crippen LogP contribution in [-0.2, 0) is 45.7 Å². The Labute approximate surface area is 257 Å². The number of carbonyl (C=O) groups excluding carboxylic acids is 2. The summed E-state index contributed by atoms with van der Waals surface area (Å²) in [6.07, 6.45) is 2.08. The van der Waals surface area contributed by atoms with E-state index in [0.717, 1.165) is 11.1 Å². The molecule has 0 spiro atoms. The van der Waals surface area contributed by atoms with Crippen LogP contribution in [0.1, 0.15) is 23.1 Å². The first-order valence-electron chi connectivity index (χ1n) is 14.8. The van der Waals surface area contributed by atoms with Crippen molar-refractivity contribution in [1.82, 2.24) is 19.7 Å². The standard InChI is InChI=1S/C33H40N4O7/c1-35-13-5-7-25(33(35)40)18-36-19-27-30(20-36)43-22-24-6-4-8-26(16-24)44-29-17-23(9-11-28(29)42-3)10-12-32(39)37(14-15-41-2)21-31(38)34-27/h4-9,11,13,16-17,27,30H,10,12,14-15,18-22H2,1-3H3,(H,34,38)/t27-,30-/m0/s1. The molecule has 0 unspecified atom stereocenters. The van der Waals surface area contributed by atoms with Crippen LogP contribution in [0.3, 0.4) is 0 Å². The average molecular weight is 605 g/mol. The molecule has 2 aliphatic rings. The monoisotopic (exact) mass is 604 g/mol. The first kappa shape index (κ1) is 31.2. The molecule has 1 fully saturated rings. The van der Waals surface area contributed by atoms with Gasteiger partial charge in [0.1, 0.15) is 5.75 Å². The molecule has 1 saturated heterocycles. The number of pyridine rings is 1. The van der Waals surface area contributed by atoms with Crippen LogP contribution in [0.5, 0.6) is 17.2 Å². The van der Waals surface area contributed by atoms with Gasteiger partial charge in [0.05, 0.1) is 39.0 Å². The second kappa shape index (κ2) is 14.5. The Morgan fingerprint density at radius 3 is 2.66 bits per heavy atom. The lowest BCUT2D eigenvalue weighted by molar-refractivity contribution is -0.137. The number of likely N-dealkylation sites (tertiary alicyclic amines) is 1. The number of carbonyl (C=O) groups is 2. The number of benzene rings is 2. The number of ether oxygens (including phenoxy) is 4. The summed E-state index contributed by atoms with van der Waals surface area (Å²) in [5, 5.41) is 3.11. The third kappa shape index (κ3) is 7.85. The van der Waals surface area contributed by atoms with Gasteiger partial charge in [-0.25, -0.2) is 0 Å². The van der Waals surface area contributed by atoms with E-state index in [9.17, 15) is 14.4 Å². The smallest absolute Gasteiger partial charge is 0.254 e. The van der Waals surface area contributed by atoms with Gasteiger partial charge in [-0.2, -0.15) is 0 Å². The van der Waals surface area contributed by atoms with Crippen LogP contribution in [0, 0.1) is 0 Å². The van der Waals surface area contributed by atoms with Gasteiger partial charge in [-0.1, -0.05) is 24.3 Å². The number of rotatable bonds is 6. The van der Waals surface area contributed by atoms with Crippen molar-refractivity contribution in [3.8, 4) is 17.2 Å². The Kier molecular flexibility index (Phi) is 10.3. The highest BCUT2D eigenvalue weighted by Crippen LogP contribution is 2.33. The minimum Gasteiger partial charge on any atom is -0.493 e. The van der Waals surface area contributed by atoms with E-state index in [1.165, 1.54) is 4.90 Å². The number of aryl methyl sites for hydroxylation is 2. The number of fused-ring (bicyclic) bond motifs is 5. The van der Waals surface area contributed by atoms with Gasteiger partial charge in [0.15, 0.2) is 11.5 Å². The zero-order chi connectivity index (χ0) is 31.1. The first-order valence-corrected chi connectivity index (χ1v) is 14.8. The molecule has 234 valence electrons. The second-order valence-electron chi connectivity index (χ2n) is 11.2. The Balaban J connectivity index is 1.41. The topological polar surface area (TPSA) is 112 Å². The maximum Gasteiger partial charge on any atom is 0.254 e. The summed E-state index contributed by atoms with van der Waals surface area (Å²) in [7, 11) is 4.88. The summed E-state index contributed by atoms with van der Waals surface area (Å²) in [5.41, 5.74) is 2.44. The Morgan fingerprint density at radius 1 is 0.977 bits per heavy atom. The molecule has 2 aromatic carbocycles. The molecule has 44 heavy (non-hydrogen) atoms. The van der Waals surface area contributed by atoms with E-state index >= 15 is 0 Å². The lowest BCUT2D eigenvalue weighted by atomic mass is 10.1. The minimum absolute atomic E-state index is 0.0548. The normalized spacial score (nSPS) is 19.8. The van der Waals surface area contributed by atoms with Crippen molar-refractivity contribution in [3.63, 3.8) is 0 Å². The molecule has 1 aromatic heterocycles. The van der Waals surface area contributed by atoms with Crippen molar-refractivity contribution >= 4 is 11.8 Å². The summed E-state index contributed by atoms with van der Waals surface area (Å²) in [5.74, 6) is 1.34. The van der Waals surface area contributed by atoms with Gasteiger partial charge in [-0.15, -0.1) is 0 Å². The molecular formula is C33H40N4O7. The van der Waals surface area contributed by atoms with Crippen LogP contribution >= 0.6 is 0 Å². The summed E-state index contributed by atoms with van der Waals surface area (Å²) < 4.78 is 25.0. The molecule has 2 amide bonds. The Bertz CT molecular complexity index is 1520. The number of nitrogens with zero attached hydrogens (tertiary/aromatic N) is 3. The molecule has 3 heterocycles. The van der Waals surface area contributed by atoms with E-state index in [-0.39, 0.29) is 42.5 Å². The summed E-state index contributed by atoms with van der Waals surface area (Å²) in [6.45, 7) is 2.26. The molecule has 11 heteroatoms. The number of aromatic nitrogens is 1. The highest BCUT2D eigenvalue weighted by atomic mass is 16.5. The van der Waals surface area contributed by atoms with Crippen LogP contribution in [0.2, 0.25) is 0 Å². The quantitative estimate of drug-likeness (QED) is 0.457. The second-order valence-corrected chi connectivity index (χ2v) is 11.2. The zero-order valence-electron chi connectivity index (χ0n) is 25.5. The molecule has 0 radical (unpaired) electrons. The molecule has 2 aliphatic heterocycles. The zero-order valence-corrected chi connectivity index (χ0v) is 25.5. The molecule has 0 aliphatic carbocycles. The van der Waals surface area contributed by atoms with Crippen molar-refractivity contribution < 1.29 is 28.5 Å². The van der Waals surface area contributed by atoms with Gasteiger partial charge >= 0.3 is 0 Å². The number of amides is 2. The number of nitrogens with one attached hydrogen (secondary N) is 1. The van der Waals surface area contributed by atoms with E-state index in [2.05, 4.69) is 10.2 Å². The molecule has 0 saturated carbocycles. The van der Waals surface area contributed by atoms with Crippen molar-refractivity contribution in [1.29, 1.82) is 0 Å². The first-order chi connectivity index (χ1) is 21.3. The van der Waals surface area contributed by atoms with Crippen LogP contribution < -0.4 is 20.3 Å². The van der Waals surface area contributed by atoms with Crippen LogP contribution in [0.15, 0.2) is 65.6 Å². The summed E-state index contributed by atoms with van der Waals surface area (Å²) >= 11 is 0. The van der Waals surface area contributed by atoms with Crippen molar-refractivity contribution in [2.45, 2.75) is 38.1 Å². The van der Waals surface area contributed by atoms with Crippen LogP contribution in [0.4, 0.5) is 0 Å². The van der Waals surface area contributed by atoms with E-state index < -0.39 is 0 Å². The third-order valence-corrected chi connectivity index (χ3v) is 7.98. The molecule has 5 rings (SSSR count). The average Bonchev–Trinajstić information content (AvgIpc) is 3.39. The Morgan fingerprint density at radius 2 is 1.84 bits per heavy atom. The predicted molar refractivity (Wildman–Crippen MR) is 164 cm³/mol. The van der Waals surface area contributed by atoms with E-state index in [4.69, 9.17) is 18.9 Å². The minimum atomic E-state index is -0.338. The fraction of sp³-hybridized carbons (Fsp3) is 0.424. The maximum absolute atomic E-state index is 13.4.